The van der Waals surface area contributed by atoms with Crippen LogP contribution in [0.1, 0.15) is 31.8 Å². The number of para-hydroxylation sites is 1. The van der Waals surface area contributed by atoms with Gasteiger partial charge in [0.25, 0.3) is 11.8 Å². The maximum atomic E-state index is 12.5. The third-order valence-electron chi connectivity index (χ3n) is 4.24. The Morgan fingerprint density at radius 2 is 1.71 bits per heavy atom. The zero-order chi connectivity index (χ0) is 19.9. The molecule has 0 fully saturated rings. The normalized spacial score (nSPS) is 10.4. The molecule has 3 rings (SSSR count). The van der Waals surface area contributed by atoms with Gasteiger partial charge in [0.1, 0.15) is 0 Å². The van der Waals surface area contributed by atoms with Crippen LogP contribution in [0.25, 0.3) is 0 Å². The van der Waals surface area contributed by atoms with Crippen molar-refractivity contribution in [1.82, 2.24) is 10.3 Å². The number of nitrogens with one attached hydrogen (secondary N) is 2. The molecule has 0 aliphatic rings. The molecule has 142 valence electrons. The number of carbonyl (C=O) groups excluding carboxylic acids is 2. The van der Waals surface area contributed by atoms with Crippen molar-refractivity contribution in [3.8, 4) is 0 Å². The second kappa shape index (κ2) is 9.15. The topological polar surface area (TPSA) is 71.1 Å². The first-order valence-electron chi connectivity index (χ1n) is 8.87. The lowest BCUT2D eigenvalue weighted by molar-refractivity contribution is 0.0953. The second-order valence-electron chi connectivity index (χ2n) is 6.37. The lowest BCUT2D eigenvalue weighted by atomic mass is 10.1. The molecule has 2 aromatic carbocycles. The molecule has 1 heterocycles. The Kier molecular flexibility index (Phi) is 6.40. The van der Waals surface area contributed by atoms with E-state index in [1.165, 1.54) is 18.5 Å². The summed E-state index contributed by atoms with van der Waals surface area (Å²) in [5.74, 6) is -0.588. The zero-order valence-electron chi connectivity index (χ0n) is 15.4. The van der Waals surface area contributed by atoms with Crippen LogP contribution in [0.3, 0.4) is 0 Å². The Morgan fingerprint density at radius 1 is 0.964 bits per heavy atom. The molecule has 0 unspecified atom stereocenters. The molecule has 2 N–H and O–H groups in total. The van der Waals surface area contributed by atoms with Crippen LogP contribution in [0, 0.1) is 6.92 Å². The Hall–Kier alpha value is -3.18. The molecule has 0 spiro atoms. The Morgan fingerprint density at radius 3 is 2.46 bits per heavy atom. The second-order valence-corrected chi connectivity index (χ2v) is 6.80. The molecular formula is C22H20ClN3O2. The number of rotatable bonds is 6. The molecule has 0 aliphatic heterocycles. The van der Waals surface area contributed by atoms with Crippen molar-refractivity contribution >= 4 is 29.1 Å². The first kappa shape index (κ1) is 19.6. The molecule has 0 saturated heterocycles. The van der Waals surface area contributed by atoms with Crippen LogP contribution in [0.2, 0.25) is 5.02 Å². The molecule has 28 heavy (non-hydrogen) atoms. The van der Waals surface area contributed by atoms with Gasteiger partial charge in [0.15, 0.2) is 0 Å². The fraction of sp³-hybridized carbons (Fsp3) is 0.136. The molecule has 0 atom stereocenters. The number of nitrogens with zero attached hydrogens (tertiary/aromatic N) is 1. The zero-order valence-corrected chi connectivity index (χ0v) is 16.2. The first-order valence-corrected chi connectivity index (χ1v) is 9.25. The highest BCUT2D eigenvalue weighted by atomic mass is 35.5. The third kappa shape index (κ3) is 5.18. The minimum absolute atomic E-state index is 0.278. The predicted molar refractivity (Wildman–Crippen MR) is 111 cm³/mol. The van der Waals surface area contributed by atoms with E-state index in [1.807, 2.05) is 55.5 Å². The number of aryl methyl sites for hydroxylation is 1. The van der Waals surface area contributed by atoms with E-state index in [2.05, 4.69) is 15.6 Å². The van der Waals surface area contributed by atoms with Gasteiger partial charge in [-0.3, -0.25) is 14.6 Å². The number of benzene rings is 2. The monoisotopic (exact) mass is 393 g/mol. The fourth-order valence-corrected chi connectivity index (χ4v) is 2.92. The van der Waals surface area contributed by atoms with E-state index >= 15 is 0 Å². The molecule has 5 nitrogen and oxygen atoms in total. The molecule has 0 radical (unpaired) electrons. The van der Waals surface area contributed by atoms with Gasteiger partial charge in [0.05, 0.1) is 11.1 Å². The molecule has 0 aliphatic carbocycles. The summed E-state index contributed by atoms with van der Waals surface area (Å²) >= 11 is 5.96. The number of amides is 2. The smallest absolute Gasteiger partial charge is 0.257 e. The van der Waals surface area contributed by atoms with E-state index in [-0.39, 0.29) is 11.8 Å². The molecular weight excluding hydrogens is 374 g/mol. The summed E-state index contributed by atoms with van der Waals surface area (Å²) in [5, 5.41) is 6.34. The van der Waals surface area contributed by atoms with Gasteiger partial charge in [0.2, 0.25) is 0 Å². The minimum atomic E-state index is -0.310. The number of pyridine rings is 1. The van der Waals surface area contributed by atoms with Gasteiger partial charge in [0, 0.05) is 29.6 Å². The number of hydrogen-bond donors (Lipinski definition) is 2. The van der Waals surface area contributed by atoms with E-state index < -0.39 is 0 Å². The summed E-state index contributed by atoms with van der Waals surface area (Å²) in [6.07, 6.45) is 3.54. The molecule has 6 heteroatoms. The lowest BCUT2D eigenvalue weighted by Gasteiger charge is -2.09. The Balaban J connectivity index is 1.61. The largest absolute Gasteiger partial charge is 0.352 e. The molecule has 2 amide bonds. The summed E-state index contributed by atoms with van der Waals surface area (Å²) in [5.41, 5.74) is 3.38. The number of halogens is 1. The molecule has 1 aromatic heterocycles. The van der Waals surface area contributed by atoms with Crippen molar-refractivity contribution in [2.24, 2.45) is 0 Å². The van der Waals surface area contributed by atoms with Crippen molar-refractivity contribution < 1.29 is 9.59 Å². The van der Waals surface area contributed by atoms with Gasteiger partial charge in [-0.1, -0.05) is 41.9 Å². The first-order chi connectivity index (χ1) is 13.5. The maximum absolute atomic E-state index is 12.5. The minimum Gasteiger partial charge on any atom is -0.352 e. The van der Waals surface area contributed by atoms with Gasteiger partial charge in [-0.15, -0.1) is 0 Å². The van der Waals surface area contributed by atoms with Crippen LogP contribution in [-0.4, -0.2) is 23.3 Å². The predicted octanol–water partition coefficient (Wildman–Crippen LogP) is 4.27. The van der Waals surface area contributed by atoms with Crippen LogP contribution in [-0.2, 0) is 6.42 Å². The van der Waals surface area contributed by atoms with Crippen molar-refractivity contribution in [1.29, 1.82) is 0 Å². The van der Waals surface area contributed by atoms with Crippen LogP contribution in [0.15, 0.2) is 67.0 Å². The van der Waals surface area contributed by atoms with Gasteiger partial charge >= 0.3 is 0 Å². The van der Waals surface area contributed by atoms with E-state index in [9.17, 15) is 9.59 Å². The summed E-state index contributed by atoms with van der Waals surface area (Å²) < 4.78 is 0. The SMILES string of the molecule is Cc1ccccc1NC(=O)c1cncc(C(=O)NCCc2cccc(Cl)c2)c1. The summed E-state index contributed by atoms with van der Waals surface area (Å²) in [7, 11) is 0. The standard InChI is InChI=1S/C22H20ClN3O2/c1-15-5-2-3-8-20(15)26-22(28)18-12-17(13-24-14-18)21(27)25-10-9-16-6-4-7-19(23)11-16/h2-8,11-14H,9-10H2,1H3,(H,25,27)(H,26,28). The van der Waals surface area contributed by atoms with Crippen LogP contribution < -0.4 is 10.6 Å². The van der Waals surface area contributed by atoms with Crippen molar-refractivity contribution in [2.75, 3.05) is 11.9 Å². The highest BCUT2D eigenvalue weighted by molar-refractivity contribution is 6.30. The van der Waals surface area contributed by atoms with Gasteiger partial charge in [-0.2, -0.15) is 0 Å². The highest BCUT2D eigenvalue weighted by Gasteiger charge is 2.12. The van der Waals surface area contributed by atoms with Crippen LogP contribution in [0.4, 0.5) is 5.69 Å². The van der Waals surface area contributed by atoms with Crippen LogP contribution >= 0.6 is 11.6 Å². The van der Waals surface area contributed by atoms with E-state index in [0.29, 0.717) is 29.1 Å². The Labute approximate surface area is 168 Å². The molecule has 0 saturated carbocycles. The average Bonchev–Trinajstić information content (AvgIpc) is 2.70. The van der Waals surface area contributed by atoms with E-state index in [4.69, 9.17) is 11.6 Å². The molecule has 3 aromatic rings. The Bertz CT molecular complexity index is 1000. The fourth-order valence-electron chi connectivity index (χ4n) is 2.71. The van der Waals surface area contributed by atoms with Gasteiger partial charge in [-0.05, 0) is 48.7 Å². The van der Waals surface area contributed by atoms with E-state index in [0.717, 1.165) is 16.8 Å². The molecule has 0 bridgehead atoms. The lowest BCUT2D eigenvalue weighted by Crippen LogP contribution is -2.26. The summed E-state index contributed by atoms with van der Waals surface area (Å²) in [4.78, 5) is 28.9. The van der Waals surface area contributed by atoms with Crippen molar-refractivity contribution in [2.45, 2.75) is 13.3 Å². The van der Waals surface area contributed by atoms with E-state index in [1.54, 1.807) is 0 Å². The summed E-state index contributed by atoms with van der Waals surface area (Å²) in [6, 6.07) is 16.5. The van der Waals surface area contributed by atoms with Gasteiger partial charge < -0.3 is 10.6 Å². The average molecular weight is 394 g/mol. The number of carbonyl (C=O) groups is 2. The third-order valence-corrected chi connectivity index (χ3v) is 4.48. The maximum Gasteiger partial charge on any atom is 0.257 e. The van der Waals surface area contributed by atoms with Crippen molar-refractivity contribution in [3.63, 3.8) is 0 Å². The quantitative estimate of drug-likeness (QED) is 0.657. The number of hydrogen-bond acceptors (Lipinski definition) is 3. The highest BCUT2D eigenvalue weighted by Crippen LogP contribution is 2.15. The van der Waals surface area contributed by atoms with Crippen LogP contribution in [0.5, 0.6) is 0 Å². The van der Waals surface area contributed by atoms with Gasteiger partial charge in [-0.25, -0.2) is 0 Å². The number of aromatic nitrogens is 1. The van der Waals surface area contributed by atoms with Crippen molar-refractivity contribution in [3.05, 3.63) is 94.3 Å². The number of anilines is 1. The summed E-state index contributed by atoms with van der Waals surface area (Å²) in [6.45, 7) is 2.37.